The summed E-state index contributed by atoms with van der Waals surface area (Å²) in [5.41, 5.74) is 0.405. The van der Waals surface area contributed by atoms with Crippen molar-refractivity contribution in [1.82, 2.24) is 13.8 Å². The number of hydrogen-bond acceptors (Lipinski definition) is 4. The topological polar surface area (TPSA) is 71.9 Å². The van der Waals surface area contributed by atoms with Gasteiger partial charge in [-0.1, -0.05) is 6.42 Å². The molecule has 2 saturated heterocycles. The number of rotatable bonds is 3. The summed E-state index contributed by atoms with van der Waals surface area (Å²) < 4.78 is 33.8. The summed E-state index contributed by atoms with van der Waals surface area (Å²) in [5, 5.41) is 0. The molecule has 0 bridgehead atoms. The molecule has 2 aliphatic heterocycles. The van der Waals surface area contributed by atoms with E-state index in [1.54, 1.807) is 16.5 Å². The summed E-state index contributed by atoms with van der Waals surface area (Å²) >= 11 is 0. The summed E-state index contributed by atoms with van der Waals surface area (Å²) in [6.45, 7) is 3.24. The second-order valence-corrected chi connectivity index (χ2v) is 7.98. The standard InChI is InChI=1S/C15H23N3O4S/c1-16-12-13(23(20,21)18-5-3-2-4-6-18)11-14(16)15(19)17-7-9-22-10-8-17/h11-12H,2-10H2,1H3. The van der Waals surface area contributed by atoms with Gasteiger partial charge >= 0.3 is 0 Å². The van der Waals surface area contributed by atoms with Crippen molar-refractivity contribution >= 4 is 15.9 Å². The first-order valence-electron chi connectivity index (χ1n) is 8.04. The van der Waals surface area contributed by atoms with Gasteiger partial charge in [0.1, 0.15) is 10.6 Å². The lowest BCUT2D eigenvalue weighted by Gasteiger charge is -2.26. The first kappa shape index (κ1) is 16.5. The van der Waals surface area contributed by atoms with Gasteiger partial charge in [-0.3, -0.25) is 4.79 Å². The van der Waals surface area contributed by atoms with Gasteiger partial charge in [0.05, 0.1) is 13.2 Å². The van der Waals surface area contributed by atoms with Crippen LogP contribution in [-0.4, -0.2) is 67.5 Å². The van der Waals surface area contributed by atoms with Crippen LogP contribution >= 0.6 is 0 Å². The highest BCUT2D eigenvalue weighted by molar-refractivity contribution is 7.89. The summed E-state index contributed by atoms with van der Waals surface area (Å²) in [4.78, 5) is 14.5. The molecule has 0 saturated carbocycles. The minimum Gasteiger partial charge on any atom is -0.378 e. The number of sulfonamides is 1. The van der Waals surface area contributed by atoms with Gasteiger partial charge in [0.25, 0.3) is 5.91 Å². The molecule has 0 N–H and O–H groups in total. The number of ether oxygens (including phenoxy) is 1. The van der Waals surface area contributed by atoms with Crippen LogP contribution in [0.3, 0.4) is 0 Å². The summed E-state index contributed by atoms with van der Waals surface area (Å²) in [5.74, 6) is -0.143. The third-order valence-electron chi connectivity index (χ3n) is 4.45. The molecule has 3 heterocycles. The number of morpholine rings is 1. The lowest BCUT2D eigenvalue weighted by molar-refractivity contribution is 0.0296. The van der Waals surface area contributed by atoms with Crippen LogP contribution in [0.5, 0.6) is 0 Å². The Kier molecular flexibility index (Phi) is 4.74. The molecule has 23 heavy (non-hydrogen) atoms. The molecule has 0 radical (unpaired) electrons. The molecule has 0 unspecified atom stereocenters. The zero-order valence-electron chi connectivity index (χ0n) is 13.4. The van der Waals surface area contributed by atoms with Crippen molar-refractivity contribution in [3.8, 4) is 0 Å². The van der Waals surface area contributed by atoms with E-state index in [-0.39, 0.29) is 10.8 Å². The lowest BCUT2D eigenvalue weighted by atomic mass is 10.2. The van der Waals surface area contributed by atoms with Crippen LogP contribution in [0.2, 0.25) is 0 Å². The van der Waals surface area contributed by atoms with Crippen molar-refractivity contribution in [1.29, 1.82) is 0 Å². The third-order valence-corrected chi connectivity index (χ3v) is 6.31. The van der Waals surface area contributed by atoms with Crippen molar-refractivity contribution in [3.05, 3.63) is 18.0 Å². The number of nitrogens with zero attached hydrogens (tertiary/aromatic N) is 3. The van der Waals surface area contributed by atoms with Gasteiger partial charge < -0.3 is 14.2 Å². The zero-order valence-corrected chi connectivity index (χ0v) is 14.2. The monoisotopic (exact) mass is 341 g/mol. The van der Waals surface area contributed by atoms with Gasteiger partial charge in [-0.2, -0.15) is 4.31 Å². The van der Waals surface area contributed by atoms with E-state index in [4.69, 9.17) is 4.74 Å². The van der Waals surface area contributed by atoms with Crippen molar-refractivity contribution in [2.24, 2.45) is 7.05 Å². The highest BCUT2D eigenvalue weighted by atomic mass is 32.2. The molecule has 1 amide bonds. The van der Waals surface area contributed by atoms with Crippen LogP contribution in [0.4, 0.5) is 0 Å². The molecule has 1 aromatic heterocycles. The molecule has 2 fully saturated rings. The molecule has 3 rings (SSSR count). The van der Waals surface area contributed by atoms with Crippen molar-refractivity contribution < 1.29 is 17.9 Å². The fraction of sp³-hybridized carbons (Fsp3) is 0.667. The van der Waals surface area contributed by atoms with E-state index in [2.05, 4.69) is 0 Å². The average molecular weight is 341 g/mol. The zero-order chi connectivity index (χ0) is 16.4. The van der Waals surface area contributed by atoms with E-state index in [1.807, 2.05) is 0 Å². The molecular weight excluding hydrogens is 318 g/mol. The first-order valence-corrected chi connectivity index (χ1v) is 9.48. The molecule has 8 heteroatoms. The van der Waals surface area contributed by atoms with E-state index in [0.29, 0.717) is 45.1 Å². The van der Waals surface area contributed by atoms with Crippen LogP contribution in [0.15, 0.2) is 17.2 Å². The SMILES string of the molecule is Cn1cc(S(=O)(=O)N2CCCCC2)cc1C(=O)N1CCOCC1. The number of carbonyl (C=O) groups excluding carboxylic acids is 1. The Morgan fingerprint density at radius 2 is 1.74 bits per heavy atom. The maximum Gasteiger partial charge on any atom is 0.270 e. The fourth-order valence-electron chi connectivity index (χ4n) is 3.07. The predicted octanol–water partition coefficient (Wildman–Crippen LogP) is 0.672. The van der Waals surface area contributed by atoms with Gasteiger partial charge in [-0.25, -0.2) is 8.42 Å². The van der Waals surface area contributed by atoms with Crippen molar-refractivity contribution in [2.75, 3.05) is 39.4 Å². The number of aromatic nitrogens is 1. The number of aryl methyl sites for hydroxylation is 1. The minimum absolute atomic E-state index is 0.143. The average Bonchev–Trinajstić information content (AvgIpc) is 2.98. The third kappa shape index (κ3) is 3.29. The first-order chi connectivity index (χ1) is 11.0. The molecular formula is C15H23N3O4S. The van der Waals surface area contributed by atoms with Gasteiger partial charge in [0, 0.05) is 39.4 Å². The molecule has 7 nitrogen and oxygen atoms in total. The van der Waals surface area contributed by atoms with Gasteiger partial charge in [0.2, 0.25) is 10.0 Å². The smallest absolute Gasteiger partial charge is 0.270 e. The molecule has 0 aromatic carbocycles. The van der Waals surface area contributed by atoms with Crippen LogP contribution < -0.4 is 0 Å². The maximum absolute atomic E-state index is 12.7. The Balaban J connectivity index is 1.83. The number of hydrogen-bond donors (Lipinski definition) is 0. The maximum atomic E-state index is 12.7. The Labute approximate surface area is 136 Å². The van der Waals surface area contributed by atoms with Crippen LogP contribution in [0.1, 0.15) is 29.8 Å². The van der Waals surface area contributed by atoms with E-state index >= 15 is 0 Å². The predicted molar refractivity (Wildman–Crippen MR) is 84.7 cm³/mol. The Bertz CT molecular complexity index is 671. The van der Waals surface area contributed by atoms with E-state index in [0.717, 1.165) is 19.3 Å². The highest BCUT2D eigenvalue weighted by Crippen LogP contribution is 2.23. The van der Waals surface area contributed by atoms with E-state index in [1.165, 1.54) is 16.6 Å². The van der Waals surface area contributed by atoms with Crippen LogP contribution in [-0.2, 0) is 21.8 Å². The van der Waals surface area contributed by atoms with Gasteiger partial charge in [0.15, 0.2) is 0 Å². The minimum atomic E-state index is -3.51. The normalized spacial score (nSPS) is 20.7. The van der Waals surface area contributed by atoms with Crippen LogP contribution in [0, 0.1) is 0 Å². The molecule has 128 valence electrons. The Hall–Kier alpha value is -1.38. The summed E-state index contributed by atoms with van der Waals surface area (Å²) in [7, 11) is -1.80. The molecule has 0 aliphatic carbocycles. The Morgan fingerprint density at radius 3 is 2.39 bits per heavy atom. The number of piperidine rings is 1. The molecule has 0 spiro atoms. The summed E-state index contributed by atoms with van der Waals surface area (Å²) in [6.07, 6.45) is 4.40. The van der Waals surface area contributed by atoms with Gasteiger partial charge in [-0.05, 0) is 18.9 Å². The molecule has 2 aliphatic rings. The van der Waals surface area contributed by atoms with Crippen molar-refractivity contribution in [2.45, 2.75) is 24.2 Å². The molecule has 0 atom stereocenters. The quantitative estimate of drug-likeness (QED) is 0.810. The fourth-order valence-corrected chi connectivity index (χ4v) is 4.66. The van der Waals surface area contributed by atoms with Crippen molar-refractivity contribution in [3.63, 3.8) is 0 Å². The number of amides is 1. The lowest BCUT2D eigenvalue weighted by Crippen LogP contribution is -2.41. The number of carbonyl (C=O) groups is 1. The summed E-state index contributed by atoms with van der Waals surface area (Å²) in [6, 6.07) is 1.50. The van der Waals surface area contributed by atoms with Crippen LogP contribution in [0.25, 0.3) is 0 Å². The van der Waals surface area contributed by atoms with Gasteiger partial charge in [-0.15, -0.1) is 0 Å². The Morgan fingerprint density at radius 1 is 1.09 bits per heavy atom. The second-order valence-electron chi connectivity index (χ2n) is 6.04. The highest BCUT2D eigenvalue weighted by Gasteiger charge is 2.29. The van der Waals surface area contributed by atoms with E-state index in [9.17, 15) is 13.2 Å². The van der Waals surface area contributed by atoms with E-state index < -0.39 is 10.0 Å². The largest absolute Gasteiger partial charge is 0.378 e. The molecule has 1 aromatic rings. The second kappa shape index (κ2) is 6.62.